The molecule has 3 heterocycles. The highest BCUT2D eigenvalue weighted by Gasteiger charge is 2.56. The number of hydrogen-bond acceptors (Lipinski definition) is 8. The van der Waals surface area contributed by atoms with E-state index in [1.54, 1.807) is 36.7 Å². The molecule has 0 aliphatic carbocycles. The van der Waals surface area contributed by atoms with Gasteiger partial charge in [-0.15, -0.1) is 0 Å². The molecule has 202 valence electrons. The fourth-order valence-electron chi connectivity index (χ4n) is 4.33. The summed E-state index contributed by atoms with van der Waals surface area (Å²) in [6.07, 6.45) is -3.90. The van der Waals surface area contributed by atoms with E-state index in [9.17, 15) is 27.9 Å². The zero-order valence-electron chi connectivity index (χ0n) is 20.8. The second kappa shape index (κ2) is 9.94. The van der Waals surface area contributed by atoms with E-state index in [1.165, 1.54) is 7.05 Å². The van der Waals surface area contributed by atoms with Crippen molar-refractivity contribution in [3.05, 3.63) is 72.6 Å². The minimum absolute atomic E-state index is 0.223. The van der Waals surface area contributed by atoms with Gasteiger partial charge in [-0.2, -0.15) is 13.2 Å². The minimum atomic E-state index is -5.30. The van der Waals surface area contributed by atoms with Gasteiger partial charge >= 0.3 is 12.1 Å². The Morgan fingerprint density at radius 1 is 1.12 bits per heavy atom. The Labute approximate surface area is 225 Å². The van der Waals surface area contributed by atoms with E-state index in [1.807, 2.05) is 30.3 Å². The number of halogens is 3. The number of carbonyl (C=O) groups is 2. The van der Waals surface area contributed by atoms with Gasteiger partial charge in [-0.3, -0.25) is 9.78 Å². The lowest BCUT2D eigenvalue weighted by Crippen LogP contribution is -2.47. The average molecular weight is 547 g/mol. The zero-order chi connectivity index (χ0) is 28.7. The molecular formula is C28H20F3N5O4. The van der Waals surface area contributed by atoms with Crippen molar-refractivity contribution in [3.8, 4) is 34.4 Å². The Morgan fingerprint density at radius 3 is 2.58 bits per heavy atom. The first-order valence-electron chi connectivity index (χ1n) is 11.8. The quantitative estimate of drug-likeness (QED) is 0.296. The first-order valence-corrected chi connectivity index (χ1v) is 11.8. The van der Waals surface area contributed by atoms with Crippen LogP contribution in [0.4, 0.5) is 19.0 Å². The lowest BCUT2D eigenvalue weighted by Gasteiger charge is -2.21. The molecule has 1 unspecified atom stereocenters. The normalized spacial score (nSPS) is 18.9. The summed E-state index contributed by atoms with van der Waals surface area (Å²) in [5.74, 6) is 1.85. The van der Waals surface area contributed by atoms with Gasteiger partial charge in [-0.25, -0.2) is 14.8 Å². The number of aliphatic hydroxyl groups is 1. The number of fused-ring (bicyclic) bond motifs is 1. The Bertz CT molecular complexity index is 1700. The fourth-order valence-corrected chi connectivity index (χ4v) is 4.33. The van der Waals surface area contributed by atoms with Crippen LogP contribution in [0.15, 0.2) is 67.0 Å². The molecule has 0 bridgehead atoms. The largest absolute Gasteiger partial charge is 0.490 e. The molecule has 12 heteroatoms. The number of nitrogens with zero attached hydrogens (tertiary/aromatic N) is 4. The molecule has 0 saturated carbocycles. The molecule has 3 N–H and O–H groups in total. The molecule has 4 aromatic rings. The van der Waals surface area contributed by atoms with Gasteiger partial charge in [0.1, 0.15) is 5.82 Å². The number of nitrogen functional groups attached to an aromatic ring is 1. The van der Waals surface area contributed by atoms with E-state index in [-0.39, 0.29) is 17.2 Å². The molecule has 2 aromatic heterocycles. The molecule has 1 saturated heterocycles. The molecule has 0 spiro atoms. The topological polar surface area (TPSA) is 132 Å². The standard InChI is InChI=1S/C28H20F3N5O4/c1-36-15-21(40-26(38)28(29,30)31)27(39,25(36)37)11-10-16-6-5-9-18(12-16)24-34-20-14-33-13-19(22(20)23(32)35-24)17-7-3-2-4-8-17/h2-9,12-14,21,39H,15H2,1H3,(H2,32,34,35)/t21?,27-/m1/s1. The summed E-state index contributed by atoms with van der Waals surface area (Å²) in [4.78, 5) is 38.2. The summed E-state index contributed by atoms with van der Waals surface area (Å²) in [5.41, 5.74) is 6.61. The number of likely N-dealkylation sites (N-methyl/N-ethyl adjacent to an activating group) is 1. The van der Waals surface area contributed by atoms with Crippen LogP contribution in [0.5, 0.6) is 0 Å². The maximum atomic E-state index is 12.7. The minimum Gasteiger partial charge on any atom is -0.449 e. The zero-order valence-corrected chi connectivity index (χ0v) is 20.8. The van der Waals surface area contributed by atoms with Crippen LogP contribution in [-0.4, -0.2) is 68.3 Å². The Hall–Kier alpha value is -5.02. The molecule has 5 rings (SSSR count). The molecule has 0 radical (unpaired) electrons. The van der Waals surface area contributed by atoms with Crippen LogP contribution in [0.3, 0.4) is 0 Å². The van der Waals surface area contributed by atoms with E-state index in [0.717, 1.165) is 16.0 Å². The van der Waals surface area contributed by atoms with E-state index in [2.05, 4.69) is 31.5 Å². The number of nitrogens with two attached hydrogens (primary N) is 1. The summed E-state index contributed by atoms with van der Waals surface area (Å²) in [5, 5.41) is 11.5. The summed E-state index contributed by atoms with van der Waals surface area (Å²) < 4.78 is 42.6. The molecule has 1 fully saturated rings. The van der Waals surface area contributed by atoms with Crippen molar-refractivity contribution in [1.29, 1.82) is 0 Å². The Kier molecular flexibility index (Phi) is 6.60. The van der Waals surface area contributed by atoms with Crippen LogP contribution >= 0.6 is 0 Å². The smallest absolute Gasteiger partial charge is 0.449 e. The number of pyridine rings is 1. The number of alkyl halides is 3. The molecule has 1 aliphatic rings. The monoisotopic (exact) mass is 547 g/mol. The second-order valence-corrected chi connectivity index (χ2v) is 9.05. The summed E-state index contributed by atoms with van der Waals surface area (Å²) >= 11 is 0. The number of rotatable bonds is 3. The van der Waals surface area contributed by atoms with Gasteiger partial charge in [0.15, 0.2) is 11.9 Å². The predicted octanol–water partition coefficient (Wildman–Crippen LogP) is 2.97. The van der Waals surface area contributed by atoms with Crippen molar-refractivity contribution in [1.82, 2.24) is 19.9 Å². The van der Waals surface area contributed by atoms with Gasteiger partial charge in [0.05, 0.1) is 23.6 Å². The van der Waals surface area contributed by atoms with Crippen LogP contribution in [0.25, 0.3) is 33.4 Å². The van der Waals surface area contributed by atoms with Crippen LogP contribution < -0.4 is 5.73 Å². The lowest BCUT2D eigenvalue weighted by atomic mass is 9.99. The number of ether oxygens (including phenoxy) is 1. The number of carbonyl (C=O) groups excluding carboxylic acids is 2. The third-order valence-electron chi connectivity index (χ3n) is 6.30. The van der Waals surface area contributed by atoms with E-state index in [4.69, 9.17) is 5.73 Å². The van der Waals surface area contributed by atoms with Gasteiger partial charge in [0, 0.05) is 29.9 Å². The third kappa shape index (κ3) is 4.90. The number of hydrogen-bond donors (Lipinski definition) is 2. The average Bonchev–Trinajstić information content (AvgIpc) is 3.15. The fraction of sp³-hybridized carbons (Fsp3) is 0.179. The first kappa shape index (κ1) is 26.6. The summed E-state index contributed by atoms with van der Waals surface area (Å²) in [6, 6.07) is 15.9. The third-order valence-corrected chi connectivity index (χ3v) is 6.30. The Balaban J connectivity index is 1.49. The van der Waals surface area contributed by atoms with Crippen molar-refractivity contribution in [2.24, 2.45) is 0 Å². The van der Waals surface area contributed by atoms with Crippen LogP contribution in [0.1, 0.15) is 5.56 Å². The van der Waals surface area contributed by atoms with Crippen molar-refractivity contribution in [2.75, 3.05) is 19.3 Å². The number of likely N-dealkylation sites (tertiary alicyclic amines) is 1. The van der Waals surface area contributed by atoms with Gasteiger partial charge in [0.2, 0.25) is 5.60 Å². The molecule has 2 atom stereocenters. The van der Waals surface area contributed by atoms with Gasteiger partial charge in [0.25, 0.3) is 5.91 Å². The summed E-state index contributed by atoms with van der Waals surface area (Å²) in [7, 11) is 1.25. The highest BCUT2D eigenvalue weighted by atomic mass is 19.4. The number of amides is 1. The predicted molar refractivity (Wildman–Crippen MR) is 138 cm³/mol. The number of anilines is 1. The second-order valence-electron chi connectivity index (χ2n) is 9.05. The number of benzene rings is 2. The van der Waals surface area contributed by atoms with Gasteiger partial charge in [-0.1, -0.05) is 48.4 Å². The SMILES string of the molecule is CN1CC(OC(=O)C(F)(F)F)[C@](O)(C#Cc2cccc(-c3nc(N)c4c(-c5ccccc5)cncc4n3)c2)C1=O. The lowest BCUT2D eigenvalue weighted by molar-refractivity contribution is -0.209. The van der Waals surface area contributed by atoms with Crippen molar-refractivity contribution < 1.29 is 32.6 Å². The maximum absolute atomic E-state index is 12.7. The van der Waals surface area contributed by atoms with E-state index < -0.39 is 36.3 Å². The molecule has 40 heavy (non-hydrogen) atoms. The molecule has 1 amide bonds. The van der Waals surface area contributed by atoms with Gasteiger partial charge in [-0.05, 0) is 23.6 Å². The van der Waals surface area contributed by atoms with Gasteiger partial charge < -0.3 is 20.5 Å². The Morgan fingerprint density at radius 2 is 1.85 bits per heavy atom. The molecule has 2 aromatic carbocycles. The van der Waals surface area contributed by atoms with E-state index >= 15 is 0 Å². The van der Waals surface area contributed by atoms with Crippen LogP contribution in [0, 0.1) is 11.8 Å². The van der Waals surface area contributed by atoms with Crippen LogP contribution in [-0.2, 0) is 14.3 Å². The van der Waals surface area contributed by atoms with Crippen molar-refractivity contribution >= 4 is 28.6 Å². The highest BCUT2D eigenvalue weighted by Crippen LogP contribution is 2.32. The number of aromatic nitrogens is 3. The molecule has 9 nitrogen and oxygen atoms in total. The maximum Gasteiger partial charge on any atom is 0.490 e. The van der Waals surface area contributed by atoms with E-state index in [0.29, 0.717) is 16.5 Å². The van der Waals surface area contributed by atoms with Crippen molar-refractivity contribution in [3.63, 3.8) is 0 Å². The summed E-state index contributed by atoms with van der Waals surface area (Å²) in [6.45, 7) is -0.463. The number of esters is 1. The highest BCUT2D eigenvalue weighted by molar-refractivity contribution is 6.01. The first-order chi connectivity index (χ1) is 19.0. The molecular weight excluding hydrogens is 527 g/mol. The van der Waals surface area contributed by atoms with Crippen LogP contribution in [0.2, 0.25) is 0 Å². The molecule has 1 aliphatic heterocycles. The van der Waals surface area contributed by atoms with Crippen molar-refractivity contribution in [2.45, 2.75) is 17.9 Å².